The molecule has 0 atom stereocenters. The number of carbonyl (C=O) groups excluding carboxylic acids is 2. The number of halogens is 1. The minimum atomic E-state index is -0.256. The molecule has 0 aliphatic carbocycles. The number of likely N-dealkylation sites (N-methyl/N-ethyl adjacent to an activating group) is 1. The minimum Gasteiger partial charge on any atom is -0.311 e. The van der Waals surface area contributed by atoms with E-state index in [9.17, 15) is 9.59 Å². The van der Waals surface area contributed by atoms with Gasteiger partial charge in [-0.2, -0.15) is 0 Å². The first-order valence-corrected chi connectivity index (χ1v) is 9.48. The maximum Gasteiger partial charge on any atom is 0.267 e. The van der Waals surface area contributed by atoms with Gasteiger partial charge in [0.15, 0.2) is 0 Å². The summed E-state index contributed by atoms with van der Waals surface area (Å²) in [6, 6.07) is 14.8. The predicted molar refractivity (Wildman–Crippen MR) is 109 cm³/mol. The summed E-state index contributed by atoms with van der Waals surface area (Å²) in [5.74, 6) is -0.446. The molecule has 2 heterocycles. The molecular formula is C19H13ClN2O2S2. The number of hydrogen-bond donors (Lipinski definition) is 0. The van der Waals surface area contributed by atoms with E-state index in [2.05, 4.69) is 0 Å². The van der Waals surface area contributed by atoms with Crippen LogP contribution in [-0.2, 0) is 16.1 Å². The lowest BCUT2D eigenvalue weighted by Crippen LogP contribution is -2.28. The van der Waals surface area contributed by atoms with Crippen LogP contribution in [0.4, 0.5) is 5.69 Å². The van der Waals surface area contributed by atoms with Crippen LogP contribution >= 0.6 is 35.6 Å². The highest BCUT2D eigenvalue weighted by atomic mass is 35.5. The summed E-state index contributed by atoms with van der Waals surface area (Å²) in [6.45, 7) is 0.285. The predicted octanol–water partition coefficient (Wildman–Crippen LogP) is 4.09. The summed E-state index contributed by atoms with van der Waals surface area (Å²) < 4.78 is 0.428. The summed E-state index contributed by atoms with van der Waals surface area (Å²) >= 11 is 12.8. The zero-order valence-corrected chi connectivity index (χ0v) is 16.1. The summed E-state index contributed by atoms with van der Waals surface area (Å²) in [5, 5.41) is 0.580. The van der Waals surface area contributed by atoms with Crippen LogP contribution in [0.1, 0.15) is 11.1 Å². The highest BCUT2D eigenvalue weighted by Gasteiger charge is 2.41. The average Bonchev–Trinajstić information content (AvgIpc) is 3.05. The molecule has 4 nitrogen and oxygen atoms in total. The molecule has 2 aromatic carbocycles. The molecule has 7 heteroatoms. The van der Waals surface area contributed by atoms with Gasteiger partial charge in [0.05, 0.1) is 22.7 Å². The molecule has 130 valence electrons. The Kier molecular flexibility index (Phi) is 4.34. The largest absolute Gasteiger partial charge is 0.311 e. The van der Waals surface area contributed by atoms with Crippen LogP contribution in [0.15, 0.2) is 53.4 Å². The first kappa shape index (κ1) is 17.3. The summed E-state index contributed by atoms with van der Waals surface area (Å²) in [7, 11) is 1.71. The fourth-order valence-electron chi connectivity index (χ4n) is 3.07. The number of anilines is 1. The molecule has 0 saturated carbocycles. The average molecular weight is 401 g/mol. The molecule has 0 aromatic heterocycles. The van der Waals surface area contributed by atoms with E-state index in [-0.39, 0.29) is 18.4 Å². The first-order valence-electron chi connectivity index (χ1n) is 7.88. The van der Waals surface area contributed by atoms with Gasteiger partial charge in [0, 0.05) is 17.6 Å². The number of nitrogens with zero attached hydrogens (tertiary/aromatic N) is 2. The van der Waals surface area contributed by atoms with E-state index >= 15 is 0 Å². The molecule has 1 saturated heterocycles. The van der Waals surface area contributed by atoms with E-state index in [1.165, 1.54) is 16.7 Å². The van der Waals surface area contributed by atoms with Gasteiger partial charge in [0.25, 0.3) is 11.8 Å². The second-order valence-corrected chi connectivity index (χ2v) is 7.99. The maximum atomic E-state index is 13.0. The van der Waals surface area contributed by atoms with Gasteiger partial charge in [-0.05, 0) is 17.7 Å². The Balaban J connectivity index is 1.75. The number of para-hydroxylation sites is 1. The van der Waals surface area contributed by atoms with E-state index in [0.29, 0.717) is 19.8 Å². The third kappa shape index (κ3) is 2.65. The van der Waals surface area contributed by atoms with Crippen molar-refractivity contribution in [3.05, 3.63) is 69.6 Å². The van der Waals surface area contributed by atoms with Crippen molar-refractivity contribution in [3.8, 4) is 0 Å². The van der Waals surface area contributed by atoms with Crippen molar-refractivity contribution >= 4 is 63.0 Å². The molecule has 4 rings (SSSR count). The normalized spacial score (nSPS) is 19.5. The summed E-state index contributed by atoms with van der Waals surface area (Å²) in [4.78, 5) is 29.2. The lowest BCUT2D eigenvalue weighted by molar-refractivity contribution is -0.122. The molecule has 2 amide bonds. The number of benzene rings is 2. The molecule has 1 fully saturated rings. The lowest BCUT2D eigenvalue weighted by atomic mass is 10.1. The van der Waals surface area contributed by atoms with Crippen LogP contribution in [-0.4, -0.2) is 28.1 Å². The van der Waals surface area contributed by atoms with Gasteiger partial charge in [-0.3, -0.25) is 14.5 Å². The third-order valence-electron chi connectivity index (χ3n) is 4.42. The number of thioether (sulfide) groups is 1. The number of carbonyl (C=O) groups is 2. The summed E-state index contributed by atoms with van der Waals surface area (Å²) in [6.07, 6.45) is 0. The molecule has 0 bridgehead atoms. The van der Waals surface area contributed by atoms with Crippen LogP contribution in [0.3, 0.4) is 0 Å². The van der Waals surface area contributed by atoms with E-state index in [4.69, 9.17) is 23.8 Å². The molecule has 2 aromatic rings. The zero-order valence-electron chi connectivity index (χ0n) is 13.7. The van der Waals surface area contributed by atoms with E-state index in [1.54, 1.807) is 18.0 Å². The van der Waals surface area contributed by atoms with E-state index in [1.807, 2.05) is 42.5 Å². The van der Waals surface area contributed by atoms with Gasteiger partial charge in [-0.25, -0.2) is 0 Å². The Hall–Kier alpha value is -2.15. The van der Waals surface area contributed by atoms with Gasteiger partial charge in [0.2, 0.25) is 0 Å². The van der Waals surface area contributed by atoms with E-state index in [0.717, 1.165) is 16.8 Å². The van der Waals surface area contributed by atoms with Crippen molar-refractivity contribution < 1.29 is 9.59 Å². The quantitative estimate of drug-likeness (QED) is 0.562. The van der Waals surface area contributed by atoms with E-state index < -0.39 is 0 Å². The van der Waals surface area contributed by atoms with Gasteiger partial charge in [-0.15, -0.1) is 0 Å². The molecule has 0 unspecified atom stereocenters. The summed E-state index contributed by atoms with van der Waals surface area (Å²) in [5.41, 5.74) is 2.79. The first-order chi connectivity index (χ1) is 12.5. The highest BCUT2D eigenvalue weighted by molar-refractivity contribution is 8.26. The molecule has 26 heavy (non-hydrogen) atoms. The Bertz CT molecular complexity index is 1000. The number of rotatable bonds is 2. The lowest BCUT2D eigenvalue weighted by Gasteiger charge is -2.15. The molecule has 2 aliphatic heterocycles. The van der Waals surface area contributed by atoms with Crippen molar-refractivity contribution in [3.63, 3.8) is 0 Å². The molecule has 0 spiro atoms. The SMILES string of the molecule is CN1C(=O)C(=C2SC(=S)N(Cc3ccccc3Cl)C2=O)c2ccccc21. The third-order valence-corrected chi connectivity index (χ3v) is 6.23. The second-order valence-electron chi connectivity index (χ2n) is 5.94. The topological polar surface area (TPSA) is 40.6 Å². The van der Waals surface area contributed by atoms with Crippen LogP contribution in [0.25, 0.3) is 5.57 Å². The van der Waals surface area contributed by atoms with Crippen molar-refractivity contribution in [2.24, 2.45) is 0 Å². The number of fused-ring (bicyclic) bond motifs is 1. The number of thiocarbonyl (C=S) groups is 1. The van der Waals surface area contributed by atoms with Crippen LogP contribution in [0, 0.1) is 0 Å². The van der Waals surface area contributed by atoms with Crippen molar-refractivity contribution in [2.75, 3.05) is 11.9 Å². The Morgan fingerprint density at radius 3 is 2.50 bits per heavy atom. The number of hydrogen-bond acceptors (Lipinski definition) is 4. The monoisotopic (exact) mass is 400 g/mol. The van der Waals surface area contributed by atoms with Crippen LogP contribution in [0.5, 0.6) is 0 Å². The van der Waals surface area contributed by atoms with Crippen LogP contribution < -0.4 is 4.90 Å². The smallest absolute Gasteiger partial charge is 0.267 e. The van der Waals surface area contributed by atoms with Gasteiger partial charge >= 0.3 is 0 Å². The molecular weight excluding hydrogens is 388 g/mol. The Morgan fingerprint density at radius 1 is 1.04 bits per heavy atom. The highest BCUT2D eigenvalue weighted by Crippen LogP contribution is 2.44. The molecule has 0 radical (unpaired) electrons. The van der Waals surface area contributed by atoms with Gasteiger partial charge < -0.3 is 4.90 Å². The fourth-order valence-corrected chi connectivity index (χ4v) is 4.59. The molecule has 2 aliphatic rings. The maximum absolute atomic E-state index is 13.0. The standard InChI is InChI=1S/C19H13ClN2O2S2/c1-21-14-9-5-3-7-12(14)15(17(21)23)16-18(24)22(19(25)26-16)10-11-6-2-4-8-13(11)20/h2-9H,10H2,1H3. The number of amides is 2. The Labute approximate surface area is 165 Å². The zero-order chi connectivity index (χ0) is 18.4. The van der Waals surface area contributed by atoms with Gasteiger partial charge in [0.1, 0.15) is 4.32 Å². The Morgan fingerprint density at radius 2 is 1.73 bits per heavy atom. The second kappa shape index (κ2) is 6.54. The van der Waals surface area contributed by atoms with Crippen molar-refractivity contribution in [2.45, 2.75) is 6.54 Å². The van der Waals surface area contributed by atoms with Crippen molar-refractivity contribution in [1.82, 2.24) is 4.90 Å². The van der Waals surface area contributed by atoms with Crippen molar-refractivity contribution in [1.29, 1.82) is 0 Å². The fraction of sp³-hybridized carbons (Fsp3) is 0.105. The van der Waals surface area contributed by atoms with Gasteiger partial charge in [-0.1, -0.05) is 72.0 Å². The molecule has 0 N–H and O–H groups in total. The minimum absolute atomic E-state index is 0.190. The van der Waals surface area contributed by atoms with Crippen LogP contribution in [0.2, 0.25) is 5.02 Å².